The van der Waals surface area contributed by atoms with E-state index in [1.807, 2.05) is 0 Å². The lowest BCUT2D eigenvalue weighted by Crippen LogP contribution is -2.14. The predicted molar refractivity (Wildman–Crippen MR) is 117 cm³/mol. The summed E-state index contributed by atoms with van der Waals surface area (Å²) in [5, 5.41) is 5.84. The van der Waals surface area contributed by atoms with Crippen LogP contribution in [-0.2, 0) is 30.5 Å². The first-order valence-electron chi connectivity index (χ1n) is 9.84. The summed E-state index contributed by atoms with van der Waals surface area (Å²) in [6.07, 6.45) is 9.63. The minimum absolute atomic E-state index is 0.0134. The van der Waals surface area contributed by atoms with Crippen molar-refractivity contribution < 1.29 is 4.79 Å². The second-order valence-corrected chi connectivity index (χ2v) is 10.8. The molecule has 0 saturated carbocycles. The van der Waals surface area contributed by atoms with Crippen LogP contribution in [0.25, 0.3) is 10.2 Å². The largest absolute Gasteiger partial charge is 0.301 e. The Balaban J connectivity index is 1.30. The van der Waals surface area contributed by atoms with Crippen molar-refractivity contribution in [1.82, 2.24) is 15.0 Å². The maximum atomic E-state index is 12.5. The van der Waals surface area contributed by atoms with Crippen LogP contribution in [0.5, 0.6) is 0 Å². The van der Waals surface area contributed by atoms with Gasteiger partial charge in [0, 0.05) is 15.1 Å². The first-order chi connectivity index (χ1) is 13.7. The summed E-state index contributed by atoms with van der Waals surface area (Å²) in [6.45, 7) is 2.31. The third-order valence-corrected chi connectivity index (χ3v) is 8.71. The Kier molecular flexibility index (Phi) is 5.11. The van der Waals surface area contributed by atoms with Crippen LogP contribution in [-0.4, -0.2) is 26.6 Å². The van der Waals surface area contributed by atoms with Gasteiger partial charge in [-0.2, -0.15) is 0 Å². The third kappa shape index (κ3) is 3.57. The number of anilines is 1. The number of nitrogens with one attached hydrogen (secondary N) is 1. The van der Waals surface area contributed by atoms with Crippen LogP contribution in [0, 0.1) is 5.92 Å². The van der Waals surface area contributed by atoms with Gasteiger partial charge in [0.25, 0.3) is 0 Å². The Bertz CT molecular complexity index is 1020. The van der Waals surface area contributed by atoms with Gasteiger partial charge in [-0.3, -0.25) is 4.79 Å². The van der Waals surface area contributed by atoms with E-state index in [0.29, 0.717) is 5.75 Å². The Morgan fingerprint density at radius 2 is 2.11 bits per heavy atom. The van der Waals surface area contributed by atoms with Crippen molar-refractivity contribution in [2.45, 2.75) is 56.9 Å². The molecule has 0 spiro atoms. The third-order valence-electron chi connectivity index (χ3n) is 5.49. The standard InChI is InChI=1S/C20H22N4OS3/c1-11-6-7-12-15(8-11)27-19-17(12)18(21-10-22-19)26-9-16(25)24-20-23-13-4-2-3-5-14(13)28-20/h10-11H,2-9H2,1H3,(H,23,24,25). The molecule has 1 unspecified atom stereocenters. The molecule has 1 atom stereocenters. The summed E-state index contributed by atoms with van der Waals surface area (Å²) in [5.74, 6) is 1.07. The highest BCUT2D eigenvalue weighted by molar-refractivity contribution is 8.00. The highest BCUT2D eigenvalue weighted by Crippen LogP contribution is 2.40. The molecule has 2 aliphatic rings. The molecule has 0 saturated heterocycles. The lowest BCUT2D eigenvalue weighted by atomic mass is 9.89. The van der Waals surface area contributed by atoms with Gasteiger partial charge in [-0.25, -0.2) is 15.0 Å². The maximum Gasteiger partial charge on any atom is 0.236 e. The van der Waals surface area contributed by atoms with Crippen LogP contribution in [0.4, 0.5) is 5.13 Å². The summed E-state index contributed by atoms with van der Waals surface area (Å²) < 4.78 is 0. The number of fused-ring (bicyclic) bond motifs is 4. The zero-order chi connectivity index (χ0) is 19.1. The molecular formula is C20H22N4OS3. The number of carbonyl (C=O) groups is 1. The van der Waals surface area contributed by atoms with E-state index >= 15 is 0 Å². The van der Waals surface area contributed by atoms with Gasteiger partial charge in [-0.1, -0.05) is 18.7 Å². The molecular weight excluding hydrogens is 408 g/mol. The Hall–Kier alpha value is -1.51. The Labute approximate surface area is 176 Å². The number of aromatic nitrogens is 3. The minimum Gasteiger partial charge on any atom is -0.301 e. The Morgan fingerprint density at radius 1 is 1.21 bits per heavy atom. The number of rotatable bonds is 4. The van der Waals surface area contributed by atoms with Crippen LogP contribution in [0.2, 0.25) is 0 Å². The molecule has 5 nitrogen and oxygen atoms in total. The van der Waals surface area contributed by atoms with Gasteiger partial charge in [0.2, 0.25) is 5.91 Å². The fraction of sp³-hybridized carbons (Fsp3) is 0.500. The Morgan fingerprint density at radius 3 is 3.00 bits per heavy atom. The molecule has 5 rings (SSSR count). The fourth-order valence-electron chi connectivity index (χ4n) is 4.05. The van der Waals surface area contributed by atoms with E-state index in [0.717, 1.165) is 46.6 Å². The van der Waals surface area contributed by atoms with Gasteiger partial charge in [0.05, 0.1) is 11.4 Å². The first-order valence-corrected chi connectivity index (χ1v) is 12.5. The van der Waals surface area contributed by atoms with Crippen molar-refractivity contribution >= 4 is 55.7 Å². The van der Waals surface area contributed by atoms with E-state index < -0.39 is 0 Å². The normalized spacial score (nSPS) is 18.7. The van der Waals surface area contributed by atoms with Crippen LogP contribution in [0.15, 0.2) is 11.4 Å². The summed E-state index contributed by atoms with van der Waals surface area (Å²) in [7, 11) is 0. The highest BCUT2D eigenvalue weighted by Gasteiger charge is 2.23. The van der Waals surface area contributed by atoms with Gasteiger partial charge >= 0.3 is 0 Å². The van der Waals surface area contributed by atoms with E-state index in [2.05, 4.69) is 27.2 Å². The van der Waals surface area contributed by atoms with Crippen molar-refractivity contribution in [1.29, 1.82) is 0 Å². The SMILES string of the molecule is CC1CCc2c(sc3ncnc(SCC(=O)Nc4nc5c(s4)CCCC5)c23)C1. The van der Waals surface area contributed by atoms with Gasteiger partial charge in [-0.15, -0.1) is 22.7 Å². The second kappa shape index (κ2) is 7.72. The number of thioether (sulfide) groups is 1. The van der Waals surface area contributed by atoms with Crippen molar-refractivity contribution in [3.05, 3.63) is 27.3 Å². The summed E-state index contributed by atoms with van der Waals surface area (Å²) in [6, 6.07) is 0. The van der Waals surface area contributed by atoms with Gasteiger partial charge in [0.1, 0.15) is 16.2 Å². The zero-order valence-corrected chi connectivity index (χ0v) is 18.2. The van der Waals surface area contributed by atoms with Gasteiger partial charge < -0.3 is 5.32 Å². The first kappa shape index (κ1) is 18.5. The molecule has 0 bridgehead atoms. The molecule has 0 fully saturated rings. The fourth-order valence-corrected chi connectivity index (χ4v) is 7.36. The van der Waals surface area contributed by atoms with E-state index in [-0.39, 0.29) is 5.91 Å². The van der Waals surface area contributed by atoms with Gasteiger partial charge in [0.15, 0.2) is 5.13 Å². The number of amides is 1. The molecule has 2 aliphatic carbocycles. The lowest BCUT2D eigenvalue weighted by molar-refractivity contribution is -0.113. The summed E-state index contributed by atoms with van der Waals surface area (Å²) in [5.41, 5.74) is 2.59. The molecule has 1 N–H and O–H groups in total. The van der Waals surface area contributed by atoms with E-state index in [4.69, 9.17) is 0 Å². The number of thiophene rings is 1. The lowest BCUT2D eigenvalue weighted by Gasteiger charge is -2.18. The maximum absolute atomic E-state index is 12.5. The number of hydrogen-bond acceptors (Lipinski definition) is 7. The van der Waals surface area contributed by atoms with E-state index in [9.17, 15) is 4.79 Å². The van der Waals surface area contributed by atoms with Crippen molar-refractivity contribution in [2.24, 2.45) is 5.92 Å². The molecule has 1 amide bonds. The molecule has 3 aromatic rings. The molecule has 146 valence electrons. The number of hydrogen-bond donors (Lipinski definition) is 1. The molecule has 28 heavy (non-hydrogen) atoms. The zero-order valence-electron chi connectivity index (χ0n) is 15.8. The monoisotopic (exact) mass is 430 g/mol. The quantitative estimate of drug-likeness (QED) is 0.472. The molecule has 8 heteroatoms. The number of aryl methyl sites for hydroxylation is 3. The average Bonchev–Trinajstić information content (AvgIpc) is 3.26. The van der Waals surface area contributed by atoms with Crippen molar-refractivity contribution in [2.75, 3.05) is 11.1 Å². The van der Waals surface area contributed by atoms with Crippen molar-refractivity contribution in [3.8, 4) is 0 Å². The van der Waals surface area contributed by atoms with E-state index in [1.54, 1.807) is 29.0 Å². The van der Waals surface area contributed by atoms with Crippen LogP contribution < -0.4 is 5.32 Å². The molecule has 0 aliphatic heterocycles. The summed E-state index contributed by atoms with van der Waals surface area (Å²) in [4.78, 5) is 29.9. The molecule has 3 aromatic heterocycles. The van der Waals surface area contributed by atoms with E-state index in [1.165, 1.54) is 57.4 Å². The topological polar surface area (TPSA) is 67.8 Å². The number of carbonyl (C=O) groups excluding carboxylic acids is 1. The predicted octanol–water partition coefficient (Wildman–Crippen LogP) is 4.88. The second-order valence-electron chi connectivity index (χ2n) is 7.64. The summed E-state index contributed by atoms with van der Waals surface area (Å²) >= 11 is 4.94. The average molecular weight is 431 g/mol. The van der Waals surface area contributed by atoms with Crippen molar-refractivity contribution in [3.63, 3.8) is 0 Å². The van der Waals surface area contributed by atoms with Crippen LogP contribution in [0.1, 0.15) is 47.2 Å². The highest BCUT2D eigenvalue weighted by atomic mass is 32.2. The number of thiazole rings is 1. The minimum atomic E-state index is -0.0134. The molecule has 0 aromatic carbocycles. The van der Waals surface area contributed by atoms with Gasteiger partial charge in [-0.05, 0) is 56.4 Å². The van der Waals surface area contributed by atoms with Crippen LogP contribution in [0.3, 0.4) is 0 Å². The van der Waals surface area contributed by atoms with Crippen LogP contribution >= 0.6 is 34.4 Å². The molecule has 3 heterocycles. The molecule has 0 radical (unpaired) electrons. The smallest absolute Gasteiger partial charge is 0.236 e. The number of nitrogens with zero attached hydrogens (tertiary/aromatic N) is 3.